The highest BCUT2D eigenvalue weighted by Gasteiger charge is 2.14. The molecule has 7 heteroatoms. The number of hydrogen-bond donors (Lipinski definition) is 3. The lowest BCUT2D eigenvalue weighted by Crippen LogP contribution is -2.19. The number of pyridine rings is 1. The number of halogens is 1. The summed E-state index contributed by atoms with van der Waals surface area (Å²) in [6, 6.07) is 5.41. The van der Waals surface area contributed by atoms with Crippen LogP contribution in [0.15, 0.2) is 36.7 Å². The number of nitrogens with one attached hydrogen (secondary N) is 1. The van der Waals surface area contributed by atoms with E-state index < -0.39 is 11.7 Å². The number of fused-ring (bicyclic) bond motifs is 1. The highest BCUT2D eigenvalue weighted by Crippen LogP contribution is 2.27. The number of phenols is 1. The van der Waals surface area contributed by atoms with Gasteiger partial charge in [0.05, 0.1) is 5.52 Å². The van der Waals surface area contributed by atoms with Gasteiger partial charge in [-0.15, -0.1) is 0 Å². The van der Waals surface area contributed by atoms with Crippen molar-refractivity contribution in [1.29, 1.82) is 0 Å². The summed E-state index contributed by atoms with van der Waals surface area (Å²) in [5.41, 5.74) is 3.76. The van der Waals surface area contributed by atoms with Crippen LogP contribution in [0.2, 0.25) is 0 Å². The molecule has 2 heterocycles. The van der Waals surface area contributed by atoms with Crippen molar-refractivity contribution in [3.8, 4) is 5.75 Å². The Kier molecular flexibility index (Phi) is 4.18. The van der Waals surface area contributed by atoms with Crippen molar-refractivity contribution < 1.29 is 19.5 Å². The Morgan fingerprint density at radius 3 is 2.83 bits per heavy atom. The minimum absolute atomic E-state index is 0.0260. The summed E-state index contributed by atoms with van der Waals surface area (Å²) in [7, 11) is 0. The van der Waals surface area contributed by atoms with Crippen molar-refractivity contribution in [2.75, 3.05) is 0 Å². The Morgan fingerprint density at radius 1 is 1.33 bits per heavy atom. The number of amides is 1. The van der Waals surface area contributed by atoms with Crippen LogP contribution in [0, 0.1) is 5.82 Å². The molecule has 1 amide bonds. The summed E-state index contributed by atoms with van der Waals surface area (Å²) in [5.74, 6) is -1.08. The lowest BCUT2D eigenvalue weighted by Gasteiger charge is -2.04. The number of phenolic OH excluding ortho intramolecular Hbond substituents is 1. The fourth-order valence-electron chi connectivity index (χ4n) is 2.74. The number of aromatic nitrogens is 2. The van der Waals surface area contributed by atoms with Crippen molar-refractivity contribution >= 4 is 16.8 Å². The molecule has 0 aliphatic heterocycles. The number of benzene rings is 1. The normalized spacial score (nSPS) is 11.0. The fraction of sp³-hybridized carbons (Fsp3) is 0.176. The molecule has 0 saturated carbocycles. The second-order valence-electron chi connectivity index (χ2n) is 5.42. The van der Waals surface area contributed by atoms with Gasteiger partial charge in [0.1, 0.15) is 17.3 Å². The molecule has 3 N–H and O–H groups in total. The molecule has 124 valence electrons. The Hall–Kier alpha value is -2.93. The van der Waals surface area contributed by atoms with Crippen LogP contribution in [0.4, 0.5) is 4.39 Å². The maximum absolute atomic E-state index is 13.4. The minimum atomic E-state index is -0.690. The first-order chi connectivity index (χ1) is 11.5. The lowest BCUT2D eigenvalue weighted by atomic mass is 10.0. The predicted molar refractivity (Wildman–Crippen MR) is 85.5 cm³/mol. The van der Waals surface area contributed by atoms with Gasteiger partial charge in [0.15, 0.2) is 0 Å². The monoisotopic (exact) mass is 329 g/mol. The second-order valence-corrected chi connectivity index (χ2v) is 5.42. The molecule has 6 nitrogen and oxygen atoms in total. The topological polar surface area (TPSA) is 87.4 Å². The van der Waals surface area contributed by atoms with E-state index in [1.165, 1.54) is 24.4 Å². The third kappa shape index (κ3) is 2.81. The number of carbonyl (C=O) groups excluding carboxylic acids is 1. The lowest BCUT2D eigenvalue weighted by molar-refractivity contribution is 0.0701. The van der Waals surface area contributed by atoms with Gasteiger partial charge < -0.3 is 9.67 Å². The van der Waals surface area contributed by atoms with Crippen LogP contribution in [0.5, 0.6) is 5.75 Å². The second kappa shape index (κ2) is 6.29. The molecule has 24 heavy (non-hydrogen) atoms. The Bertz CT molecular complexity index is 921. The highest BCUT2D eigenvalue weighted by molar-refractivity contribution is 5.95. The summed E-state index contributed by atoms with van der Waals surface area (Å²) in [6.45, 7) is 2.62. The summed E-state index contributed by atoms with van der Waals surface area (Å²) in [6.07, 6.45) is 3.76. The van der Waals surface area contributed by atoms with E-state index in [2.05, 4.69) is 4.98 Å². The zero-order valence-corrected chi connectivity index (χ0v) is 13.0. The van der Waals surface area contributed by atoms with Crippen molar-refractivity contribution in [2.45, 2.75) is 19.9 Å². The highest BCUT2D eigenvalue weighted by atomic mass is 19.1. The molecule has 0 radical (unpaired) electrons. The molecular weight excluding hydrogens is 313 g/mol. The van der Waals surface area contributed by atoms with Crippen molar-refractivity contribution in [1.82, 2.24) is 15.0 Å². The Morgan fingerprint density at radius 2 is 2.12 bits per heavy atom. The first-order valence-electron chi connectivity index (χ1n) is 7.43. The quantitative estimate of drug-likeness (QED) is 0.507. The average Bonchev–Trinajstić information content (AvgIpc) is 2.94. The summed E-state index contributed by atoms with van der Waals surface area (Å²) in [4.78, 5) is 15.6. The first-order valence-corrected chi connectivity index (χ1v) is 7.43. The maximum atomic E-state index is 13.4. The Labute approximate surface area is 137 Å². The number of hydrogen-bond acceptors (Lipinski definition) is 4. The molecule has 0 saturated heterocycles. The largest absolute Gasteiger partial charge is 0.508 e. The minimum Gasteiger partial charge on any atom is -0.508 e. The summed E-state index contributed by atoms with van der Waals surface area (Å²) in [5, 5.41) is 19.4. The van der Waals surface area contributed by atoms with Crippen LogP contribution in [-0.4, -0.2) is 25.8 Å². The van der Waals surface area contributed by atoms with E-state index in [4.69, 9.17) is 5.21 Å². The molecular formula is C17H16FN3O3. The average molecular weight is 329 g/mol. The number of rotatable bonds is 4. The van der Waals surface area contributed by atoms with Crippen LogP contribution in [-0.2, 0) is 13.0 Å². The number of carbonyl (C=O) groups is 1. The van der Waals surface area contributed by atoms with Gasteiger partial charge in [-0.25, -0.2) is 9.87 Å². The molecule has 0 atom stereocenters. The number of aromatic hydroxyl groups is 1. The third-order valence-corrected chi connectivity index (χ3v) is 3.95. The maximum Gasteiger partial charge on any atom is 0.293 e. The van der Waals surface area contributed by atoms with Crippen molar-refractivity contribution in [3.63, 3.8) is 0 Å². The summed E-state index contributed by atoms with van der Waals surface area (Å²) < 4.78 is 15.3. The molecule has 1 aromatic carbocycles. The van der Waals surface area contributed by atoms with Crippen LogP contribution in [0.3, 0.4) is 0 Å². The SMILES string of the molecule is CCn1cc(Cc2cc(F)ccc2O)c2cnc(C(=O)NO)cc21. The predicted octanol–water partition coefficient (Wildman–Crippen LogP) is 2.61. The number of hydroxylamine groups is 1. The zero-order valence-electron chi connectivity index (χ0n) is 13.0. The van der Waals surface area contributed by atoms with Crippen LogP contribution >= 0.6 is 0 Å². The van der Waals surface area contributed by atoms with Crippen LogP contribution in [0.25, 0.3) is 10.9 Å². The van der Waals surface area contributed by atoms with Gasteiger partial charge in [-0.2, -0.15) is 0 Å². The molecule has 3 rings (SSSR count). The molecule has 0 fully saturated rings. The van der Waals surface area contributed by atoms with Gasteiger partial charge in [-0.3, -0.25) is 15.0 Å². The van der Waals surface area contributed by atoms with Crippen molar-refractivity contribution in [3.05, 3.63) is 59.3 Å². The van der Waals surface area contributed by atoms with Gasteiger partial charge in [-0.05, 0) is 36.8 Å². The van der Waals surface area contributed by atoms with Gasteiger partial charge in [-0.1, -0.05) is 0 Å². The zero-order chi connectivity index (χ0) is 17.3. The Balaban J connectivity index is 2.08. The molecule has 0 aliphatic carbocycles. The standard InChI is InChI=1S/C17H16FN3O3/c1-2-21-9-11(5-10-6-12(18)3-4-16(10)22)13-8-19-14(7-15(13)21)17(23)20-24/h3-4,6-9,22,24H,2,5H2,1H3,(H,20,23). The van der Waals surface area contributed by atoms with E-state index in [1.807, 2.05) is 17.7 Å². The van der Waals surface area contributed by atoms with E-state index in [0.717, 1.165) is 16.5 Å². The van der Waals surface area contributed by atoms with Crippen LogP contribution in [0.1, 0.15) is 28.5 Å². The molecule has 2 aromatic heterocycles. The smallest absolute Gasteiger partial charge is 0.293 e. The van der Waals surface area contributed by atoms with E-state index in [-0.39, 0.29) is 11.4 Å². The number of nitrogens with zero attached hydrogens (tertiary/aromatic N) is 2. The molecule has 3 aromatic rings. The number of aryl methyl sites for hydroxylation is 1. The van der Waals surface area contributed by atoms with E-state index >= 15 is 0 Å². The van der Waals surface area contributed by atoms with Gasteiger partial charge in [0, 0.05) is 36.3 Å². The molecule has 0 unspecified atom stereocenters. The first kappa shape index (κ1) is 15.9. The van der Waals surface area contributed by atoms with Crippen molar-refractivity contribution in [2.24, 2.45) is 0 Å². The van der Waals surface area contributed by atoms with E-state index in [0.29, 0.717) is 18.5 Å². The van der Waals surface area contributed by atoms with Gasteiger partial charge >= 0.3 is 0 Å². The fourth-order valence-corrected chi connectivity index (χ4v) is 2.74. The van der Waals surface area contributed by atoms with Crippen LogP contribution < -0.4 is 5.48 Å². The molecule has 0 aliphatic rings. The third-order valence-electron chi connectivity index (χ3n) is 3.95. The molecule has 0 spiro atoms. The van der Waals surface area contributed by atoms with E-state index in [9.17, 15) is 14.3 Å². The van der Waals surface area contributed by atoms with E-state index in [1.54, 1.807) is 11.5 Å². The summed E-state index contributed by atoms with van der Waals surface area (Å²) >= 11 is 0. The van der Waals surface area contributed by atoms with Gasteiger partial charge in [0.25, 0.3) is 5.91 Å². The molecule has 0 bridgehead atoms. The van der Waals surface area contributed by atoms with Gasteiger partial charge in [0.2, 0.25) is 0 Å².